The minimum absolute atomic E-state index is 0.100. The van der Waals surface area contributed by atoms with Gasteiger partial charge in [-0.25, -0.2) is 4.79 Å². The molecule has 5 heteroatoms. The highest BCUT2D eigenvalue weighted by atomic mass is 16.3. The highest BCUT2D eigenvalue weighted by Crippen LogP contribution is 2.57. The number of ketones is 1. The van der Waals surface area contributed by atoms with Crippen LogP contribution in [0.5, 0.6) is 5.75 Å². The maximum Gasteiger partial charge on any atom is 0.323 e. The van der Waals surface area contributed by atoms with Crippen LogP contribution in [0.1, 0.15) is 49.7 Å². The Labute approximate surface area is 212 Å². The normalized spacial score (nSPS) is 23.7. The van der Waals surface area contributed by atoms with E-state index in [-0.39, 0.29) is 11.4 Å². The van der Waals surface area contributed by atoms with Crippen LogP contribution in [-0.4, -0.2) is 16.9 Å². The molecule has 2 amide bonds. The monoisotopic (exact) mass is 480 g/mol. The Kier molecular flexibility index (Phi) is 6.64. The van der Waals surface area contributed by atoms with Gasteiger partial charge in [-0.3, -0.25) is 4.79 Å². The van der Waals surface area contributed by atoms with Crippen molar-refractivity contribution in [2.45, 2.75) is 44.9 Å². The third-order valence-corrected chi connectivity index (χ3v) is 7.95. The SMILES string of the molecule is CC12CCC3C(=CCc4cc(O)ccc43)C1CCC2=O.O=C(Nc1ccccc1)Nc1ccccc1. The van der Waals surface area contributed by atoms with Crippen molar-refractivity contribution in [2.24, 2.45) is 11.3 Å². The van der Waals surface area contributed by atoms with Crippen LogP contribution in [0.4, 0.5) is 16.2 Å². The van der Waals surface area contributed by atoms with Crippen LogP contribution in [0.15, 0.2) is 90.5 Å². The number of nitrogens with one attached hydrogen (secondary N) is 2. The first-order chi connectivity index (χ1) is 17.4. The number of fused-ring (bicyclic) bond motifs is 5. The molecular weight excluding hydrogens is 448 g/mol. The maximum absolute atomic E-state index is 12.2. The lowest BCUT2D eigenvalue weighted by molar-refractivity contribution is -0.126. The molecule has 0 radical (unpaired) electrons. The highest BCUT2D eigenvalue weighted by Gasteiger charge is 2.52. The van der Waals surface area contributed by atoms with Crippen molar-refractivity contribution >= 4 is 23.2 Å². The lowest BCUT2D eigenvalue weighted by Gasteiger charge is -2.43. The smallest absolute Gasteiger partial charge is 0.323 e. The maximum atomic E-state index is 12.2. The molecule has 3 aliphatic rings. The van der Waals surface area contributed by atoms with Crippen LogP contribution in [0.2, 0.25) is 0 Å². The third-order valence-electron chi connectivity index (χ3n) is 7.95. The van der Waals surface area contributed by atoms with Crippen LogP contribution >= 0.6 is 0 Å². The van der Waals surface area contributed by atoms with E-state index in [1.807, 2.05) is 66.7 Å². The number of carbonyl (C=O) groups excluding carboxylic acids is 2. The number of para-hydroxylation sites is 2. The van der Waals surface area contributed by atoms with Crippen LogP contribution in [0, 0.1) is 11.3 Å². The Bertz CT molecular complexity index is 1240. The minimum Gasteiger partial charge on any atom is -0.508 e. The topological polar surface area (TPSA) is 78.4 Å². The fourth-order valence-corrected chi connectivity index (χ4v) is 6.07. The molecule has 0 spiro atoms. The van der Waals surface area contributed by atoms with Gasteiger partial charge in [0.05, 0.1) is 0 Å². The lowest BCUT2D eigenvalue weighted by Crippen LogP contribution is -2.37. The van der Waals surface area contributed by atoms with Crippen molar-refractivity contribution in [3.63, 3.8) is 0 Å². The van der Waals surface area contributed by atoms with Gasteiger partial charge in [0.1, 0.15) is 11.5 Å². The molecule has 3 aliphatic carbocycles. The number of hydrogen-bond acceptors (Lipinski definition) is 3. The van der Waals surface area contributed by atoms with E-state index in [2.05, 4.69) is 29.7 Å². The number of benzene rings is 3. The van der Waals surface area contributed by atoms with Gasteiger partial charge in [0, 0.05) is 29.1 Å². The zero-order valence-corrected chi connectivity index (χ0v) is 20.5. The van der Waals surface area contributed by atoms with Gasteiger partial charge in [-0.05, 0) is 79.1 Å². The highest BCUT2D eigenvalue weighted by molar-refractivity contribution is 5.99. The van der Waals surface area contributed by atoms with Gasteiger partial charge in [0.25, 0.3) is 0 Å². The van der Waals surface area contributed by atoms with E-state index in [0.29, 0.717) is 23.4 Å². The number of anilines is 2. The lowest BCUT2D eigenvalue weighted by atomic mass is 9.60. The minimum atomic E-state index is -0.239. The molecule has 5 nitrogen and oxygen atoms in total. The summed E-state index contributed by atoms with van der Waals surface area (Å²) in [5.41, 5.74) is 5.58. The van der Waals surface area contributed by atoms with Gasteiger partial charge in [-0.1, -0.05) is 61.0 Å². The number of urea groups is 1. The molecular formula is C31H32N2O3. The Hall–Kier alpha value is -3.86. The molecule has 0 aliphatic heterocycles. The van der Waals surface area contributed by atoms with Crippen LogP contribution < -0.4 is 10.6 Å². The summed E-state index contributed by atoms with van der Waals surface area (Å²) in [5.74, 6) is 1.76. The number of rotatable bonds is 2. The molecule has 0 aromatic heterocycles. The van der Waals surface area contributed by atoms with Crippen molar-refractivity contribution in [1.82, 2.24) is 0 Å². The Balaban J connectivity index is 0.000000152. The number of carbonyl (C=O) groups is 2. The largest absolute Gasteiger partial charge is 0.508 e. The summed E-state index contributed by atoms with van der Waals surface area (Å²) in [7, 11) is 0. The van der Waals surface area contributed by atoms with E-state index in [1.165, 1.54) is 16.7 Å². The first-order valence-electron chi connectivity index (χ1n) is 12.7. The predicted octanol–water partition coefficient (Wildman–Crippen LogP) is 7.07. The summed E-state index contributed by atoms with van der Waals surface area (Å²) in [4.78, 5) is 23.8. The van der Waals surface area contributed by atoms with Crippen molar-refractivity contribution in [1.29, 1.82) is 0 Å². The van der Waals surface area contributed by atoms with Crippen molar-refractivity contribution < 1.29 is 14.7 Å². The van der Waals surface area contributed by atoms with Gasteiger partial charge in [0.15, 0.2) is 0 Å². The molecule has 2 saturated carbocycles. The van der Waals surface area contributed by atoms with Gasteiger partial charge in [-0.2, -0.15) is 0 Å². The third kappa shape index (κ3) is 4.78. The quantitative estimate of drug-likeness (QED) is 0.343. The number of phenolic OH excluding ortho intramolecular Hbond substituents is 1. The summed E-state index contributed by atoms with van der Waals surface area (Å²) in [6, 6.07) is 24.2. The predicted molar refractivity (Wildman–Crippen MR) is 143 cm³/mol. The van der Waals surface area contributed by atoms with Crippen molar-refractivity contribution in [3.05, 3.63) is 102 Å². The van der Waals surface area contributed by atoms with Crippen molar-refractivity contribution in [3.8, 4) is 5.75 Å². The standard InChI is InChI=1S/C18H20O2.C13H12N2O/c1-18-9-8-14-13-5-3-12(19)10-11(13)2-4-15(14)16(18)6-7-17(18)20;16-13(14-11-7-3-1-4-8-11)15-12-9-5-2-6-10-12/h3-5,10,14,16,19H,2,6-9H2,1H3;1-10H,(H2,14,15,16). The molecule has 3 aromatic rings. The molecule has 3 N–H and O–H groups in total. The van der Waals surface area contributed by atoms with Crippen LogP contribution in [0.3, 0.4) is 0 Å². The van der Waals surface area contributed by atoms with Crippen LogP contribution in [0.25, 0.3) is 0 Å². The summed E-state index contributed by atoms with van der Waals surface area (Å²) in [6.45, 7) is 2.18. The molecule has 2 fully saturated rings. The molecule has 0 bridgehead atoms. The number of aromatic hydroxyl groups is 1. The number of hydrogen-bond donors (Lipinski definition) is 3. The second-order valence-corrected chi connectivity index (χ2v) is 10.1. The van der Waals surface area contributed by atoms with E-state index < -0.39 is 0 Å². The van der Waals surface area contributed by atoms with Gasteiger partial charge >= 0.3 is 6.03 Å². The number of amides is 2. The Morgan fingerprint density at radius 2 is 1.56 bits per heavy atom. The zero-order valence-electron chi connectivity index (χ0n) is 20.5. The van der Waals surface area contributed by atoms with E-state index in [1.54, 1.807) is 6.07 Å². The van der Waals surface area contributed by atoms with E-state index >= 15 is 0 Å². The van der Waals surface area contributed by atoms with E-state index in [0.717, 1.165) is 43.5 Å². The number of phenols is 1. The summed E-state index contributed by atoms with van der Waals surface area (Å²) >= 11 is 0. The molecule has 0 heterocycles. The average molecular weight is 481 g/mol. The van der Waals surface area contributed by atoms with E-state index in [4.69, 9.17) is 0 Å². The van der Waals surface area contributed by atoms with E-state index in [9.17, 15) is 14.7 Å². The Morgan fingerprint density at radius 1 is 0.917 bits per heavy atom. The average Bonchev–Trinajstić information content (AvgIpc) is 3.19. The first kappa shape index (κ1) is 23.9. The summed E-state index contributed by atoms with van der Waals surface area (Å²) in [6.07, 6.45) is 7.11. The van der Waals surface area contributed by atoms with Gasteiger partial charge in [0.2, 0.25) is 0 Å². The Morgan fingerprint density at radius 3 is 2.19 bits per heavy atom. The molecule has 184 valence electrons. The van der Waals surface area contributed by atoms with Crippen molar-refractivity contribution in [2.75, 3.05) is 10.6 Å². The second-order valence-electron chi connectivity index (χ2n) is 10.1. The number of allylic oxidation sites excluding steroid dienone is 2. The molecule has 0 saturated heterocycles. The molecule has 36 heavy (non-hydrogen) atoms. The number of Topliss-reactive ketones (excluding diaryl/α,β-unsaturated/α-hetero) is 1. The van der Waals surface area contributed by atoms with Gasteiger partial charge < -0.3 is 15.7 Å². The van der Waals surface area contributed by atoms with Gasteiger partial charge in [-0.15, -0.1) is 0 Å². The second kappa shape index (κ2) is 10.0. The molecule has 3 aromatic carbocycles. The summed E-state index contributed by atoms with van der Waals surface area (Å²) < 4.78 is 0. The summed E-state index contributed by atoms with van der Waals surface area (Å²) in [5, 5.41) is 15.1. The molecule has 3 unspecified atom stereocenters. The fraction of sp³-hybridized carbons (Fsp3) is 0.290. The first-order valence-corrected chi connectivity index (χ1v) is 12.7. The molecule has 6 rings (SSSR count). The fourth-order valence-electron chi connectivity index (χ4n) is 6.07. The van der Waals surface area contributed by atoms with Crippen LogP contribution in [-0.2, 0) is 11.2 Å². The molecule has 3 atom stereocenters. The zero-order chi connectivity index (χ0) is 25.1.